The zero-order chi connectivity index (χ0) is 22.2. The monoisotopic (exact) mass is 458 g/mol. The van der Waals surface area contributed by atoms with Gasteiger partial charge in [-0.2, -0.15) is 0 Å². The fourth-order valence-electron chi connectivity index (χ4n) is 6.15. The van der Waals surface area contributed by atoms with E-state index in [9.17, 15) is 0 Å². The summed E-state index contributed by atoms with van der Waals surface area (Å²) in [6.45, 7) is 8.43. The molecule has 0 spiro atoms. The van der Waals surface area contributed by atoms with Crippen LogP contribution in [-0.4, -0.2) is 17.6 Å². The van der Waals surface area contributed by atoms with Crippen LogP contribution in [0, 0.1) is 11.8 Å². The third-order valence-electron chi connectivity index (χ3n) is 8.20. The van der Waals surface area contributed by atoms with Gasteiger partial charge in [0.1, 0.15) is 0 Å². The molecule has 0 radical (unpaired) electrons. The molecule has 2 atom stereocenters. The Morgan fingerprint density at radius 2 is 0.906 bits per heavy atom. The smallest absolute Gasteiger partial charge is 0.0936 e. The second-order valence-corrected chi connectivity index (χ2v) is 16.1. The van der Waals surface area contributed by atoms with Crippen LogP contribution in [0.3, 0.4) is 0 Å². The second-order valence-electron chi connectivity index (χ2n) is 10.4. The minimum Gasteiger partial charge on any atom is -0.107 e. The summed E-state index contributed by atoms with van der Waals surface area (Å²) in [5.41, 5.74) is 7.31. The average molecular weight is 459 g/mol. The van der Waals surface area contributed by atoms with Gasteiger partial charge in [-0.3, -0.25) is 0 Å². The number of hydrogen-bond acceptors (Lipinski definition) is 0. The predicted molar refractivity (Wildman–Crippen MR) is 149 cm³/mol. The molecule has 4 rings (SSSR count). The summed E-state index contributed by atoms with van der Waals surface area (Å²) in [6.07, 6.45) is 14.4. The molecule has 2 aromatic rings. The Hall–Kier alpha value is -1.65. The summed E-state index contributed by atoms with van der Waals surface area (Å²) in [5, 5.41) is 3.13. The van der Waals surface area contributed by atoms with Gasteiger partial charge in [0.2, 0.25) is 0 Å². The predicted octanol–water partition coefficient (Wildman–Crippen LogP) is 6.83. The van der Waals surface area contributed by atoms with Crippen molar-refractivity contribution < 1.29 is 0 Å². The molecule has 0 saturated heterocycles. The van der Waals surface area contributed by atoms with E-state index in [0.717, 1.165) is 11.8 Å². The van der Waals surface area contributed by atoms with Crippen molar-refractivity contribution in [2.45, 2.75) is 76.3 Å². The Bertz CT molecular complexity index is 766. The van der Waals surface area contributed by atoms with E-state index >= 15 is 0 Å². The largest absolute Gasteiger partial charge is 0.107 e. The minimum absolute atomic E-state index is 0.946. The van der Waals surface area contributed by atoms with E-state index in [0.29, 0.717) is 0 Å². The minimum atomic E-state index is -1.05. The van der Waals surface area contributed by atoms with Crippen molar-refractivity contribution in [1.82, 2.24) is 0 Å². The third-order valence-corrected chi connectivity index (χ3v) is 14.2. The summed E-state index contributed by atoms with van der Waals surface area (Å²) < 4.78 is 0. The highest BCUT2D eigenvalue weighted by Gasteiger charge is 2.21. The Morgan fingerprint density at radius 3 is 1.22 bits per heavy atom. The molecule has 0 nitrogen and oxygen atoms in total. The van der Waals surface area contributed by atoms with E-state index in [2.05, 4.69) is 73.1 Å². The van der Waals surface area contributed by atoms with E-state index in [1.54, 1.807) is 10.4 Å². The van der Waals surface area contributed by atoms with Crippen LogP contribution in [0.1, 0.15) is 64.2 Å². The quantitative estimate of drug-likeness (QED) is 0.361. The van der Waals surface area contributed by atoms with Gasteiger partial charge in [-0.05, 0) is 35.1 Å². The maximum absolute atomic E-state index is 4.22. The van der Waals surface area contributed by atoms with Crippen molar-refractivity contribution in [1.29, 1.82) is 0 Å². The average Bonchev–Trinajstić information content (AvgIpc) is 2.87. The summed E-state index contributed by atoms with van der Waals surface area (Å²) in [7, 11) is -2.09. The topological polar surface area (TPSA) is 0 Å². The van der Waals surface area contributed by atoms with Crippen LogP contribution in [0.15, 0.2) is 73.1 Å². The molecule has 2 saturated carbocycles. The normalized spacial score (nSPS) is 19.9. The van der Waals surface area contributed by atoms with E-state index in [4.69, 9.17) is 0 Å². The van der Waals surface area contributed by atoms with E-state index in [-0.39, 0.29) is 0 Å². The van der Waals surface area contributed by atoms with Gasteiger partial charge in [0.05, 0.1) is 17.6 Å². The van der Waals surface area contributed by atoms with Gasteiger partial charge in [0, 0.05) is 0 Å². The van der Waals surface area contributed by atoms with Gasteiger partial charge < -0.3 is 0 Å². The van der Waals surface area contributed by atoms with E-state index < -0.39 is 17.6 Å². The van der Waals surface area contributed by atoms with Gasteiger partial charge in [-0.25, -0.2) is 0 Å². The first-order valence-electron chi connectivity index (χ1n) is 13.2. The zero-order valence-corrected chi connectivity index (χ0v) is 22.3. The fourth-order valence-corrected chi connectivity index (χ4v) is 11.4. The lowest BCUT2D eigenvalue weighted by Crippen LogP contribution is -2.31. The molecule has 0 heterocycles. The molecule has 0 aromatic heterocycles. The summed E-state index contributed by atoms with van der Waals surface area (Å²) in [6, 6.07) is 21.8. The Kier molecular flexibility index (Phi) is 8.81. The second kappa shape index (κ2) is 12.0. The van der Waals surface area contributed by atoms with E-state index in [1.165, 1.54) is 87.4 Å². The third kappa shape index (κ3) is 6.23. The van der Waals surface area contributed by atoms with Gasteiger partial charge in [-0.15, -0.1) is 24.6 Å². The molecule has 2 heteroatoms. The van der Waals surface area contributed by atoms with Crippen molar-refractivity contribution in [3.63, 3.8) is 0 Å². The molecule has 0 aliphatic heterocycles. The van der Waals surface area contributed by atoms with Crippen LogP contribution < -0.4 is 10.4 Å². The lowest BCUT2D eigenvalue weighted by Gasteiger charge is -2.25. The lowest BCUT2D eigenvalue weighted by atomic mass is 9.91. The molecule has 0 bridgehead atoms. The van der Waals surface area contributed by atoms with Gasteiger partial charge in [-0.1, -0.05) is 123 Å². The van der Waals surface area contributed by atoms with Gasteiger partial charge >= 0.3 is 0 Å². The molecular weight excluding hydrogens is 417 g/mol. The highest BCUT2D eigenvalue weighted by Crippen LogP contribution is 2.29. The SMILES string of the molecule is C=C[SiH](CC1CCCCC1)c1ccc(-c2ccc([SiH](C=C)CC3CCCCC3)cc2)cc1. The molecule has 0 N–H and O–H groups in total. The van der Waals surface area contributed by atoms with Crippen LogP contribution >= 0.6 is 0 Å². The van der Waals surface area contributed by atoms with Crippen LogP contribution in [0.2, 0.25) is 12.1 Å². The number of hydrogen-bond donors (Lipinski definition) is 0. The molecule has 170 valence electrons. The van der Waals surface area contributed by atoms with Gasteiger partial charge in [0.15, 0.2) is 0 Å². The van der Waals surface area contributed by atoms with E-state index in [1.807, 2.05) is 0 Å². The first-order chi connectivity index (χ1) is 15.8. The van der Waals surface area contributed by atoms with Crippen LogP contribution in [0.5, 0.6) is 0 Å². The van der Waals surface area contributed by atoms with Crippen molar-refractivity contribution in [2.24, 2.45) is 11.8 Å². The fraction of sp³-hybridized carbons (Fsp3) is 0.467. The first kappa shape index (κ1) is 23.5. The summed E-state index contributed by atoms with van der Waals surface area (Å²) in [4.78, 5) is 0. The van der Waals surface area contributed by atoms with Crippen molar-refractivity contribution in [3.05, 3.63) is 73.1 Å². The molecule has 2 fully saturated rings. The Balaban J connectivity index is 1.39. The molecule has 0 amide bonds. The highest BCUT2D eigenvalue weighted by atomic mass is 28.3. The molecular formula is C30H42Si2. The Morgan fingerprint density at radius 1 is 0.562 bits per heavy atom. The summed E-state index contributed by atoms with van der Waals surface area (Å²) in [5.74, 6) is 1.89. The van der Waals surface area contributed by atoms with Crippen LogP contribution in [0.25, 0.3) is 11.1 Å². The van der Waals surface area contributed by atoms with Crippen molar-refractivity contribution >= 4 is 28.0 Å². The maximum Gasteiger partial charge on any atom is 0.0936 e. The zero-order valence-electron chi connectivity index (χ0n) is 20.0. The summed E-state index contributed by atoms with van der Waals surface area (Å²) >= 11 is 0. The van der Waals surface area contributed by atoms with Crippen LogP contribution in [-0.2, 0) is 0 Å². The van der Waals surface area contributed by atoms with Gasteiger partial charge in [0.25, 0.3) is 0 Å². The van der Waals surface area contributed by atoms with Crippen molar-refractivity contribution in [3.8, 4) is 11.1 Å². The Labute approximate surface area is 200 Å². The molecule has 2 aromatic carbocycles. The standard InChI is InChI=1S/C30H42Si2/c1-3-31(23-25-11-7-5-8-12-25)29-19-15-27(16-20-29)28-17-21-30(22-18-28)32(4-2)24-26-13-9-6-10-14-26/h3-4,15-22,25-26,31-32H,1-2,5-14,23-24H2. The lowest BCUT2D eigenvalue weighted by molar-refractivity contribution is 0.384. The molecule has 2 aliphatic rings. The number of benzene rings is 2. The highest BCUT2D eigenvalue weighted by molar-refractivity contribution is 6.78. The maximum atomic E-state index is 4.22. The number of rotatable bonds is 9. The first-order valence-corrected chi connectivity index (χ1v) is 17.3. The molecule has 32 heavy (non-hydrogen) atoms. The van der Waals surface area contributed by atoms with Crippen molar-refractivity contribution in [2.75, 3.05) is 0 Å². The van der Waals surface area contributed by atoms with Crippen LogP contribution in [0.4, 0.5) is 0 Å². The molecule has 2 aliphatic carbocycles. The molecule has 2 unspecified atom stereocenters.